The first kappa shape index (κ1) is 25.3. The second-order valence-corrected chi connectivity index (χ2v) is 8.74. The minimum Gasteiger partial charge on any atom is -0.497 e. The highest BCUT2D eigenvalue weighted by molar-refractivity contribution is 5.77. The molecule has 2 aromatic carbocycles. The smallest absolute Gasteiger partial charge is 0.416 e. The van der Waals surface area contributed by atoms with E-state index in [4.69, 9.17) is 9.72 Å². The molecule has 4 aromatic rings. The van der Waals surface area contributed by atoms with Gasteiger partial charge in [0, 0.05) is 24.2 Å². The second kappa shape index (κ2) is 10.4. The van der Waals surface area contributed by atoms with Gasteiger partial charge in [-0.05, 0) is 67.3 Å². The fraction of sp³-hybridized carbons (Fsp3) is 0.286. The number of carbonyl (C=O) groups is 1. The maximum Gasteiger partial charge on any atom is 0.416 e. The number of rotatable bonds is 8. The number of nitrogens with zero attached hydrogens (tertiary/aromatic N) is 2. The lowest BCUT2D eigenvalue weighted by Crippen LogP contribution is -2.32. The summed E-state index contributed by atoms with van der Waals surface area (Å²) in [5.41, 5.74) is 3.33. The van der Waals surface area contributed by atoms with Crippen molar-refractivity contribution in [3.63, 3.8) is 0 Å². The van der Waals surface area contributed by atoms with Crippen LogP contribution in [0, 0.1) is 0 Å². The summed E-state index contributed by atoms with van der Waals surface area (Å²) >= 11 is 0. The van der Waals surface area contributed by atoms with Crippen LogP contribution in [0.4, 0.5) is 13.2 Å². The molecule has 2 aromatic heterocycles. The van der Waals surface area contributed by atoms with E-state index in [1.807, 2.05) is 42.5 Å². The molecule has 0 aliphatic rings. The summed E-state index contributed by atoms with van der Waals surface area (Å²) in [5, 5.41) is 2.98. The summed E-state index contributed by atoms with van der Waals surface area (Å²) in [4.78, 5) is 17.3. The Morgan fingerprint density at radius 3 is 2.53 bits per heavy atom. The topological polar surface area (TPSA) is 55.6 Å². The Bertz CT molecular complexity index is 1380. The molecule has 36 heavy (non-hydrogen) atoms. The molecule has 0 aliphatic carbocycles. The van der Waals surface area contributed by atoms with Crippen LogP contribution in [0.25, 0.3) is 28.0 Å². The molecular weight excluding hydrogens is 467 g/mol. The molecule has 8 heteroatoms. The predicted molar refractivity (Wildman–Crippen MR) is 134 cm³/mol. The second-order valence-electron chi connectivity index (χ2n) is 8.74. The van der Waals surface area contributed by atoms with Gasteiger partial charge in [-0.25, -0.2) is 4.98 Å². The van der Waals surface area contributed by atoms with Crippen LogP contribution in [0.1, 0.15) is 37.9 Å². The van der Waals surface area contributed by atoms with E-state index in [1.165, 1.54) is 6.07 Å². The Kier molecular flexibility index (Phi) is 7.33. The quantitative estimate of drug-likeness (QED) is 0.302. The average molecular weight is 496 g/mol. The number of imidazole rings is 1. The van der Waals surface area contributed by atoms with Crippen molar-refractivity contribution in [2.45, 2.75) is 45.3 Å². The summed E-state index contributed by atoms with van der Waals surface area (Å²) in [5.74, 6) is 0.611. The maximum absolute atomic E-state index is 13.3. The van der Waals surface area contributed by atoms with Crippen molar-refractivity contribution >= 4 is 11.6 Å². The van der Waals surface area contributed by atoms with Crippen molar-refractivity contribution in [1.82, 2.24) is 14.7 Å². The molecule has 0 saturated carbocycles. The molecule has 0 saturated heterocycles. The van der Waals surface area contributed by atoms with Gasteiger partial charge in [0.05, 0.1) is 24.1 Å². The van der Waals surface area contributed by atoms with Gasteiger partial charge in [-0.2, -0.15) is 13.2 Å². The van der Waals surface area contributed by atoms with Crippen LogP contribution < -0.4 is 10.1 Å². The van der Waals surface area contributed by atoms with Crippen LogP contribution in [-0.2, 0) is 17.4 Å². The SMILES string of the molecule is CC[C@@H](C)NC(=O)CCc1c(-c2cccc(OC)c2)nc2ccc(-c3cccc(C(F)(F)F)c3)cn12. The Morgan fingerprint density at radius 1 is 1.06 bits per heavy atom. The van der Waals surface area contributed by atoms with Crippen molar-refractivity contribution in [3.8, 4) is 28.1 Å². The van der Waals surface area contributed by atoms with Gasteiger partial charge in [0.15, 0.2) is 0 Å². The third-order valence-corrected chi connectivity index (χ3v) is 6.19. The predicted octanol–water partition coefficient (Wildman–Crippen LogP) is 6.54. The van der Waals surface area contributed by atoms with Gasteiger partial charge in [-0.1, -0.05) is 31.2 Å². The molecule has 188 valence electrons. The number of benzene rings is 2. The zero-order valence-electron chi connectivity index (χ0n) is 20.4. The number of methoxy groups -OCH3 is 1. The molecule has 0 unspecified atom stereocenters. The monoisotopic (exact) mass is 495 g/mol. The summed E-state index contributed by atoms with van der Waals surface area (Å²) in [6.07, 6.45) is -1.16. The highest BCUT2D eigenvalue weighted by Crippen LogP contribution is 2.33. The molecule has 0 bridgehead atoms. The number of carbonyl (C=O) groups excluding carboxylic acids is 1. The first-order valence-corrected chi connectivity index (χ1v) is 11.8. The van der Waals surface area contributed by atoms with E-state index in [2.05, 4.69) is 5.32 Å². The lowest BCUT2D eigenvalue weighted by atomic mass is 10.0. The molecule has 1 N–H and O–H groups in total. The number of pyridine rings is 1. The molecule has 2 heterocycles. The number of halogens is 3. The van der Waals surface area contributed by atoms with Gasteiger partial charge in [0.2, 0.25) is 5.91 Å². The standard InChI is InChI=1S/C28H28F3N3O2/c1-4-18(2)32-26(35)14-12-24-27(20-8-6-10-23(16-20)36-3)33-25-13-11-21(17-34(24)25)19-7-5-9-22(15-19)28(29,30)31/h5-11,13,15-18H,4,12,14H2,1-3H3,(H,32,35)/t18-/m1/s1. The molecule has 0 fully saturated rings. The van der Waals surface area contributed by atoms with E-state index in [0.717, 1.165) is 29.8 Å². The van der Waals surface area contributed by atoms with Crippen LogP contribution >= 0.6 is 0 Å². The number of nitrogens with one attached hydrogen (secondary N) is 1. The lowest BCUT2D eigenvalue weighted by molar-refractivity contribution is -0.137. The van der Waals surface area contributed by atoms with Crippen LogP contribution in [-0.4, -0.2) is 28.4 Å². The van der Waals surface area contributed by atoms with Crippen LogP contribution in [0.5, 0.6) is 5.75 Å². The van der Waals surface area contributed by atoms with E-state index >= 15 is 0 Å². The Hall–Kier alpha value is -3.81. The highest BCUT2D eigenvalue weighted by Gasteiger charge is 2.30. The Balaban J connectivity index is 1.79. The van der Waals surface area contributed by atoms with E-state index in [0.29, 0.717) is 34.6 Å². The molecule has 1 atom stereocenters. The summed E-state index contributed by atoms with van der Waals surface area (Å²) in [7, 11) is 1.59. The lowest BCUT2D eigenvalue weighted by Gasteiger charge is -2.12. The first-order valence-electron chi connectivity index (χ1n) is 11.8. The summed E-state index contributed by atoms with van der Waals surface area (Å²) in [6, 6.07) is 16.4. The zero-order valence-corrected chi connectivity index (χ0v) is 20.4. The van der Waals surface area contributed by atoms with Gasteiger partial charge in [0.25, 0.3) is 0 Å². The number of aromatic nitrogens is 2. The van der Waals surface area contributed by atoms with E-state index in [-0.39, 0.29) is 18.4 Å². The maximum atomic E-state index is 13.3. The minimum atomic E-state index is -4.43. The summed E-state index contributed by atoms with van der Waals surface area (Å²) in [6.45, 7) is 3.96. The molecule has 1 amide bonds. The number of ether oxygens (including phenoxy) is 1. The number of aryl methyl sites for hydroxylation is 1. The van der Waals surface area contributed by atoms with Gasteiger partial charge in [-0.3, -0.25) is 4.79 Å². The van der Waals surface area contributed by atoms with Crippen molar-refractivity contribution in [2.24, 2.45) is 0 Å². The minimum absolute atomic E-state index is 0.0649. The van der Waals surface area contributed by atoms with Gasteiger partial charge in [-0.15, -0.1) is 0 Å². The number of hydrogen-bond donors (Lipinski definition) is 1. The molecule has 0 aliphatic heterocycles. The van der Waals surface area contributed by atoms with Crippen LogP contribution in [0.3, 0.4) is 0 Å². The van der Waals surface area contributed by atoms with Gasteiger partial charge < -0.3 is 14.5 Å². The molecule has 0 radical (unpaired) electrons. The largest absolute Gasteiger partial charge is 0.497 e. The fourth-order valence-corrected chi connectivity index (χ4v) is 4.06. The van der Waals surface area contributed by atoms with Gasteiger partial charge in [0.1, 0.15) is 11.4 Å². The van der Waals surface area contributed by atoms with E-state index in [1.54, 1.807) is 31.5 Å². The van der Waals surface area contributed by atoms with E-state index in [9.17, 15) is 18.0 Å². The number of hydrogen-bond acceptors (Lipinski definition) is 3. The van der Waals surface area contributed by atoms with Crippen molar-refractivity contribution in [1.29, 1.82) is 0 Å². The molecular formula is C28H28F3N3O2. The van der Waals surface area contributed by atoms with Crippen molar-refractivity contribution in [3.05, 3.63) is 78.1 Å². The highest BCUT2D eigenvalue weighted by atomic mass is 19.4. The van der Waals surface area contributed by atoms with Crippen LogP contribution in [0.15, 0.2) is 66.9 Å². The summed E-state index contributed by atoms with van der Waals surface area (Å²) < 4.78 is 47.1. The third-order valence-electron chi connectivity index (χ3n) is 6.19. The normalized spacial score (nSPS) is 12.5. The molecule has 5 nitrogen and oxygen atoms in total. The van der Waals surface area contributed by atoms with Crippen molar-refractivity contribution in [2.75, 3.05) is 7.11 Å². The zero-order chi connectivity index (χ0) is 25.9. The number of alkyl halides is 3. The van der Waals surface area contributed by atoms with E-state index < -0.39 is 11.7 Å². The molecule has 0 spiro atoms. The fourth-order valence-electron chi connectivity index (χ4n) is 4.06. The van der Waals surface area contributed by atoms with Crippen LogP contribution in [0.2, 0.25) is 0 Å². The number of amides is 1. The number of fused-ring (bicyclic) bond motifs is 1. The van der Waals surface area contributed by atoms with Gasteiger partial charge >= 0.3 is 6.18 Å². The Labute approximate surface area is 207 Å². The van der Waals surface area contributed by atoms with Crippen molar-refractivity contribution < 1.29 is 22.7 Å². The third kappa shape index (κ3) is 5.53. The first-order chi connectivity index (χ1) is 17.2. The average Bonchev–Trinajstić information content (AvgIpc) is 3.24. The Morgan fingerprint density at radius 2 is 1.81 bits per heavy atom. The molecule has 4 rings (SSSR count).